The van der Waals surface area contributed by atoms with Crippen LogP contribution in [0.25, 0.3) is 0 Å². The van der Waals surface area contributed by atoms with Gasteiger partial charge >= 0.3 is 0 Å². The summed E-state index contributed by atoms with van der Waals surface area (Å²) in [6.45, 7) is 0. The van der Waals surface area contributed by atoms with Gasteiger partial charge in [-0.3, -0.25) is 0 Å². The third kappa shape index (κ3) is 1.50. The van der Waals surface area contributed by atoms with Gasteiger partial charge in [-0.25, -0.2) is 8.78 Å². The van der Waals surface area contributed by atoms with Crippen molar-refractivity contribution in [3.05, 3.63) is 28.2 Å². The number of anilines is 1. The average Bonchev–Trinajstić information content (AvgIpc) is 2.01. The lowest BCUT2D eigenvalue weighted by atomic mass is 10.3. The first-order valence-corrected chi connectivity index (χ1v) is 3.77. The molecule has 60 valence electrons. The Bertz CT molecular complexity index is 275. The fourth-order valence-electron chi connectivity index (χ4n) is 0.719. The second-order valence-electron chi connectivity index (χ2n) is 1.97. The van der Waals surface area contributed by atoms with E-state index in [1.165, 1.54) is 19.2 Å². The molecule has 0 fully saturated rings. The van der Waals surface area contributed by atoms with Crippen LogP contribution in [0.3, 0.4) is 0 Å². The molecule has 0 aliphatic heterocycles. The third-order valence-electron chi connectivity index (χ3n) is 1.30. The van der Waals surface area contributed by atoms with Gasteiger partial charge in [0.2, 0.25) is 0 Å². The lowest BCUT2D eigenvalue weighted by Gasteiger charge is -2.02. The summed E-state index contributed by atoms with van der Waals surface area (Å²) in [4.78, 5) is 0. The van der Waals surface area contributed by atoms with Crippen molar-refractivity contribution in [2.45, 2.75) is 0 Å². The van der Waals surface area contributed by atoms with E-state index in [4.69, 9.17) is 0 Å². The fraction of sp³-hybridized carbons (Fsp3) is 0.143. The van der Waals surface area contributed by atoms with Crippen LogP contribution >= 0.6 is 15.9 Å². The molecule has 0 aliphatic rings. The Morgan fingerprint density at radius 3 is 2.45 bits per heavy atom. The maximum atomic E-state index is 12.8. The molecule has 1 aromatic rings. The van der Waals surface area contributed by atoms with Crippen molar-refractivity contribution < 1.29 is 8.78 Å². The zero-order chi connectivity index (χ0) is 8.43. The van der Waals surface area contributed by atoms with E-state index in [1.807, 2.05) is 0 Å². The van der Waals surface area contributed by atoms with Gasteiger partial charge in [-0.1, -0.05) is 0 Å². The number of hydrogen-bond acceptors (Lipinski definition) is 1. The molecule has 1 rings (SSSR count). The van der Waals surface area contributed by atoms with E-state index < -0.39 is 11.6 Å². The Labute approximate surface area is 71.5 Å². The first-order valence-electron chi connectivity index (χ1n) is 2.98. The Hall–Kier alpha value is -0.640. The van der Waals surface area contributed by atoms with Crippen molar-refractivity contribution in [2.75, 3.05) is 12.4 Å². The molecule has 0 unspecified atom stereocenters. The molecule has 0 radical (unpaired) electrons. The van der Waals surface area contributed by atoms with Crippen LogP contribution in [-0.4, -0.2) is 7.05 Å². The number of rotatable bonds is 1. The van der Waals surface area contributed by atoms with E-state index in [1.54, 1.807) is 0 Å². The SMILES string of the molecule is CNc1ccc(Br)c(F)c1F. The summed E-state index contributed by atoms with van der Waals surface area (Å²) in [6, 6.07) is 2.91. The molecule has 4 heteroatoms. The maximum Gasteiger partial charge on any atom is 0.183 e. The smallest absolute Gasteiger partial charge is 0.183 e. The van der Waals surface area contributed by atoms with E-state index in [0.717, 1.165) is 0 Å². The zero-order valence-electron chi connectivity index (χ0n) is 5.79. The Morgan fingerprint density at radius 2 is 1.91 bits per heavy atom. The van der Waals surface area contributed by atoms with Gasteiger partial charge < -0.3 is 5.32 Å². The second kappa shape index (κ2) is 3.17. The van der Waals surface area contributed by atoms with E-state index >= 15 is 0 Å². The van der Waals surface area contributed by atoms with Gasteiger partial charge in [0.15, 0.2) is 11.6 Å². The highest BCUT2D eigenvalue weighted by atomic mass is 79.9. The highest BCUT2D eigenvalue weighted by Gasteiger charge is 2.09. The minimum atomic E-state index is -0.864. The zero-order valence-corrected chi connectivity index (χ0v) is 7.37. The molecule has 0 aromatic heterocycles. The summed E-state index contributed by atoms with van der Waals surface area (Å²) in [5, 5.41) is 2.53. The van der Waals surface area contributed by atoms with Gasteiger partial charge in [0.05, 0.1) is 10.2 Å². The van der Waals surface area contributed by atoms with Gasteiger partial charge in [0.1, 0.15) is 0 Å². The predicted octanol–water partition coefficient (Wildman–Crippen LogP) is 2.77. The summed E-state index contributed by atoms with van der Waals surface area (Å²) in [6.07, 6.45) is 0. The monoisotopic (exact) mass is 221 g/mol. The second-order valence-corrected chi connectivity index (χ2v) is 2.83. The van der Waals surface area contributed by atoms with Crippen LogP contribution in [0, 0.1) is 11.6 Å². The summed E-state index contributed by atoms with van der Waals surface area (Å²) < 4.78 is 25.6. The number of hydrogen-bond donors (Lipinski definition) is 1. The Kier molecular flexibility index (Phi) is 2.44. The Balaban J connectivity index is 3.25. The normalized spacial score (nSPS) is 9.82. The molecular weight excluding hydrogens is 216 g/mol. The van der Waals surface area contributed by atoms with Gasteiger partial charge in [0.25, 0.3) is 0 Å². The number of nitrogens with one attached hydrogen (secondary N) is 1. The van der Waals surface area contributed by atoms with Crippen LogP contribution < -0.4 is 5.32 Å². The van der Waals surface area contributed by atoms with Crippen molar-refractivity contribution in [2.24, 2.45) is 0 Å². The molecule has 0 atom stereocenters. The molecule has 0 spiro atoms. The highest BCUT2D eigenvalue weighted by Crippen LogP contribution is 2.23. The number of benzene rings is 1. The van der Waals surface area contributed by atoms with Crippen LogP contribution in [0.4, 0.5) is 14.5 Å². The minimum Gasteiger partial charge on any atom is -0.386 e. The topological polar surface area (TPSA) is 12.0 Å². The van der Waals surface area contributed by atoms with Crippen LogP contribution in [0.15, 0.2) is 16.6 Å². The van der Waals surface area contributed by atoms with Crippen LogP contribution in [0.5, 0.6) is 0 Å². The van der Waals surface area contributed by atoms with Crippen molar-refractivity contribution in [3.63, 3.8) is 0 Å². The lowest BCUT2D eigenvalue weighted by molar-refractivity contribution is 0.507. The molecule has 11 heavy (non-hydrogen) atoms. The van der Waals surface area contributed by atoms with E-state index in [9.17, 15) is 8.78 Å². The molecule has 0 heterocycles. The van der Waals surface area contributed by atoms with Crippen molar-refractivity contribution in [1.29, 1.82) is 0 Å². The van der Waals surface area contributed by atoms with Crippen LogP contribution in [-0.2, 0) is 0 Å². The van der Waals surface area contributed by atoms with E-state index in [-0.39, 0.29) is 10.2 Å². The first-order chi connectivity index (χ1) is 5.16. The quantitative estimate of drug-likeness (QED) is 0.720. The van der Waals surface area contributed by atoms with Crippen LogP contribution in [0.1, 0.15) is 0 Å². The largest absolute Gasteiger partial charge is 0.386 e. The maximum absolute atomic E-state index is 12.8. The van der Waals surface area contributed by atoms with Crippen molar-refractivity contribution in [3.8, 4) is 0 Å². The molecule has 0 amide bonds. The van der Waals surface area contributed by atoms with E-state index in [0.29, 0.717) is 0 Å². The summed E-state index contributed by atoms with van der Waals surface area (Å²) in [5.41, 5.74) is 0.158. The average molecular weight is 222 g/mol. The molecule has 0 saturated carbocycles. The summed E-state index contributed by atoms with van der Waals surface area (Å²) >= 11 is 2.87. The van der Waals surface area contributed by atoms with Gasteiger partial charge in [-0.2, -0.15) is 0 Å². The van der Waals surface area contributed by atoms with Crippen LogP contribution in [0.2, 0.25) is 0 Å². The van der Waals surface area contributed by atoms with Gasteiger partial charge in [-0.15, -0.1) is 0 Å². The highest BCUT2D eigenvalue weighted by molar-refractivity contribution is 9.10. The molecule has 0 saturated heterocycles. The first kappa shape index (κ1) is 8.46. The third-order valence-corrected chi connectivity index (χ3v) is 1.92. The molecule has 0 bridgehead atoms. The van der Waals surface area contributed by atoms with Crippen molar-refractivity contribution in [1.82, 2.24) is 0 Å². The van der Waals surface area contributed by atoms with Gasteiger partial charge in [-0.05, 0) is 28.1 Å². The molecule has 1 nitrogen and oxygen atoms in total. The number of halogens is 3. The van der Waals surface area contributed by atoms with E-state index in [2.05, 4.69) is 21.2 Å². The molecular formula is C7H6BrF2N. The predicted molar refractivity (Wildman–Crippen MR) is 43.6 cm³/mol. The fourth-order valence-corrected chi connectivity index (χ4v) is 1.03. The Morgan fingerprint density at radius 1 is 1.27 bits per heavy atom. The van der Waals surface area contributed by atoms with Crippen molar-refractivity contribution >= 4 is 21.6 Å². The molecule has 1 aromatic carbocycles. The van der Waals surface area contributed by atoms with Gasteiger partial charge in [0, 0.05) is 7.05 Å². The lowest BCUT2D eigenvalue weighted by Crippen LogP contribution is -1.95. The molecule has 1 N–H and O–H groups in total. The summed E-state index contributed by atoms with van der Waals surface area (Å²) in [5.74, 6) is -1.72. The molecule has 0 aliphatic carbocycles. The minimum absolute atomic E-state index is 0.133. The summed E-state index contributed by atoms with van der Waals surface area (Å²) in [7, 11) is 1.53. The standard InChI is InChI=1S/C7H6BrF2N/c1-11-5-3-2-4(8)6(9)7(5)10/h2-3,11H,1H3.